The number of anilines is 1. The summed E-state index contributed by atoms with van der Waals surface area (Å²) in [5.74, 6) is -2.61. The van der Waals surface area contributed by atoms with Gasteiger partial charge in [0, 0.05) is 19.2 Å². The number of ether oxygens (including phenoxy) is 1. The zero-order valence-electron chi connectivity index (χ0n) is 18.8. The molecule has 1 unspecified atom stereocenters. The van der Waals surface area contributed by atoms with Crippen molar-refractivity contribution in [3.05, 3.63) is 52.2 Å². The van der Waals surface area contributed by atoms with E-state index in [9.17, 15) is 31.9 Å². The highest BCUT2D eigenvalue weighted by atomic mass is 19.4. The van der Waals surface area contributed by atoms with Crippen molar-refractivity contribution in [2.75, 3.05) is 26.0 Å². The summed E-state index contributed by atoms with van der Waals surface area (Å²) in [6.45, 7) is 2.77. The number of likely N-dealkylation sites (N-methyl/N-ethyl adjacent to an activating group) is 1. The van der Waals surface area contributed by atoms with Crippen LogP contribution in [-0.4, -0.2) is 53.7 Å². The van der Waals surface area contributed by atoms with Crippen LogP contribution in [0.4, 0.5) is 23.4 Å². The minimum absolute atomic E-state index is 0.0567. The van der Waals surface area contributed by atoms with Gasteiger partial charge in [0.1, 0.15) is 22.9 Å². The molecule has 1 amide bonds. The zero-order valence-corrected chi connectivity index (χ0v) is 18.8. The molecule has 1 aliphatic rings. The van der Waals surface area contributed by atoms with E-state index in [1.807, 2.05) is 0 Å². The molecule has 34 heavy (non-hydrogen) atoms. The van der Waals surface area contributed by atoms with Gasteiger partial charge in [-0.05, 0) is 19.9 Å². The fourth-order valence-corrected chi connectivity index (χ4v) is 4.08. The van der Waals surface area contributed by atoms with Crippen molar-refractivity contribution in [1.82, 2.24) is 14.9 Å². The number of aldehydes is 1. The second kappa shape index (κ2) is 8.99. The molecule has 0 spiro atoms. The summed E-state index contributed by atoms with van der Waals surface area (Å²) in [6.07, 6.45) is -4.81. The first-order chi connectivity index (χ1) is 15.9. The summed E-state index contributed by atoms with van der Waals surface area (Å²) in [4.78, 5) is 46.9. The number of carbonyl (C=O) groups excluding carboxylic acids is 3. The molecule has 0 aliphatic carbocycles. The molecule has 1 fully saturated rings. The Balaban J connectivity index is 2.11. The van der Waals surface area contributed by atoms with E-state index in [2.05, 4.69) is 15.3 Å². The number of nitrogens with zero attached hydrogens (tertiary/aromatic N) is 3. The highest BCUT2D eigenvalue weighted by Gasteiger charge is 2.53. The van der Waals surface area contributed by atoms with Gasteiger partial charge in [-0.25, -0.2) is 14.4 Å². The van der Waals surface area contributed by atoms with Crippen LogP contribution in [0.2, 0.25) is 0 Å². The van der Waals surface area contributed by atoms with E-state index >= 15 is 0 Å². The Hall–Kier alpha value is -3.57. The molecule has 8 nitrogen and oxygen atoms in total. The third-order valence-electron chi connectivity index (χ3n) is 5.74. The van der Waals surface area contributed by atoms with Crippen LogP contribution in [0.15, 0.2) is 18.2 Å². The van der Waals surface area contributed by atoms with E-state index in [1.54, 1.807) is 0 Å². The van der Waals surface area contributed by atoms with E-state index in [4.69, 9.17) is 4.74 Å². The van der Waals surface area contributed by atoms with Gasteiger partial charge in [-0.15, -0.1) is 0 Å². The van der Waals surface area contributed by atoms with Crippen LogP contribution in [0.5, 0.6) is 0 Å². The molecule has 2 aromatic rings. The van der Waals surface area contributed by atoms with E-state index in [-0.39, 0.29) is 47.3 Å². The Labute approximate surface area is 192 Å². The van der Waals surface area contributed by atoms with Crippen LogP contribution in [0, 0.1) is 12.7 Å². The SMILES string of the molecule is COC(=O)C1(c2nc(C)nc(N[C@H](C)c3cccc(C(F)(F)F)c3F)c2C=O)CC(=O)N(C)C1. The molecule has 0 saturated carbocycles. The van der Waals surface area contributed by atoms with E-state index in [0.717, 1.165) is 13.2 Å². The number of nitrogens with one attached hydrogen (secondary N) is 1. The van der Waals surface area contributed by atoms with Gasteiger partial charge in [0.2, 0.25) is 5.91 Å². The predicted octanol–water partition coefficient (Wildman–Crippen LogP) is 3.20. The number of rotatable bonds is 6. The van der Waals surface area contributed by atoms with Crippen LogP contribution in [0.25, 0.3) is 0 Å². The van der Waals surface area contributed by atoms with Crippen LogP contribution in [0.1, 0.15) is 52.4 Å². The van der Waals surface area contributed by atoms with Crippen molar-refractivity contribution in [2.45, 2.75) is 37.9 Å². The Morgan fingerprint density at radius 2 is 2.00 bits per heavy atom. The summed E-state index contributed by atoms with van der Waals surface area (Å²) in [5.41, 5.74) is -3.56. The fourth-order valence-electron chi connectivity index (χ4n) is 4.08. The first kappa shape index (κ1) is 25.1. The number of carbonyl (C=O) groups is 3. The normalized spacial score (nSPS) is 19.2. The van der Waals surface area contributed by atoms with E-state index in [1.165, 1.54) is 31.9 Å². The lowest BCUT2D eigenvalue weighted by atomic mass is 9.80. The van der Waals surface area contributed by atoms with Crippen molar-refractivity contribution in [1.29, 1.82) is 0 Å². The molecule has 12 heteroatoms. The molecule has 0 bridgehead atoms. The first-order valence-corrected chi connectivity index (χ1v) is 10.1. The highest BCUT2D eigenvalue weighted by molar-refractivity contribution is 5.97. The lowest BCUT2D eigenvalue weighted by molar-refractivity contribution is -0.147. The van der Waals surface area contributed by atoms with Gasteiger partial charge in [-0.1, -0.05) is 12.1 Å². The molecule has 182 valence electrons. The number of amides is 1. The summed E-state index contributed by atoms with van der Waals surface area (Å²) in [5, 5.41) is 2.76. The molecule has 2 atom stereocenters. The van der Waals surface area contributed by atoms with Crippen molar-refractivity contribution in [3.63, 3.8) is 0 Å². The number of aromatic nitrogens is 2. The standard InChI is InChI=1S/C22H22F4N4O4/c1-11(13-6-5-7-15(17(13)23)22(24,25)26)27-19-14(9-31)18(28-12(2)29-19)21(20(33)34-4)8-16(32)30(3)10-21/h5-7,9,11H,8,10H2,1-4H3,(H,27,28,29)/t11-,21?/m1/s1. The minimum atomic E-state index is -4.89. The minimum Gasteiger partial charge on any atom is -0.468 e. The Bertz CT molecular complexity index is 1150. The van der Waals surface area contributed by atoms with Crippen molar-refractivity contribution in [2.24, 2.45) is 0 Å². The van der Waals surface area contributed by atoms with Gasteiger partial charge < -0.3 is 15.0 Å². The highest BCUT2D eigenvalue weighted by Crippen LogP contribution is 2.39. The monoisotopic (exact) mass is 482 g/mol. The lowest BCUT2D eigenvalue weighted by Crippen LogP contribution is -2.41. The number of halogens is 4. The molecule has 1 aromatic carbocycles. The van der Waals surface area contributed by atoms with Crippen LogP contribution in [-0.2, 0) is 25.9 Å². The Morgan fingerprint density at radius 3 is 2.53 bits per heavy atom. The average molecular weight is 482 g/mol. The maximum atomic E-state index is 14.6. The van der Waals surface area contributed by atoms with Gasteiger partial charge in [-0.2, -0.15) is 13.2 Å². The molecule has 3 rings (SSSR count). The fraction of sp³-hybridized carbons (Fsp3) is 0.409. The number of esters is 1. The van der Waals surface area contributed by atoms with Crippen molar-refractivity contribution >= 4 is 24.0 Å². The van der Waals surface area contributed by atoms with Crippen LogP contribution < -0.4 is 5.32 Å². The zero-order chi connectivity index (χ0) is 25.4. The second-order valence-corrected chi connectivity index (χ2v) is 8.07. The number of benzene rings is 1. The Morgan fingerprint density at radius 1 is 1.32 bits per heavy atom. The number of methoxy groups -OCH3 is 1. The smallest absolute Gasteiger partial charge is 0.419 e. The molecule has 0 radical (unpaired) electrons. The molecule has 1 N–H and O–H groups in total. The maximum Gasteiger partial charge on any atom is 0.419 e. The molecule has 2 heterocycles. The molecule has 1 saturated heterocycles. The predicted molar refractivity (Wildman–Crippen MR) is 112 cm³/mol. The van der Waals surface area contributed by atoms with Gasteiger partial charge in [0.25, 0.3) is 0 Å². The second-order valence-electron chi connectivity index (χ2n) is 8.07. The van der Waals surface area contributed by atoms with Crippen molar-refractivity contribution < 1.29 is 36.7 Å². The molecule has 1 aliphatic heterocycles. The van der Waals surface area contributed by atoms with Gasteiger partial charge >= 0.3 is 12.1 Å². The van der Waals surface area contributed by atoms with E-state index in [0.29, 0.717) is 12.4 Å². The molecule has 1 aromatic heterocycles. The summed E-state index contributed by atoms with van der Waals surface area (Å²) in [6, 6.07) is 1.83. The third kappa shape index (κ3) is 4.31. The van der Waals surface area contributed by atoms with Gasteiger partial charge in [-0.3, -0.25) is 14.4 Å². The number of hydrogen-bond donors (Lipinski definition) is 1. The molecular formula is C22H22F4N4O4. The number of aryl methyl sites for hydroxylation is 1. The summed E-state index contributed by atoms with van der Waals surface area (Å²) < 4.78 is 58.9. The largest absolute Gasteiger partial charge is 0.468 e. The lowest BCUT2D eigenvalue weighted by Gasteiger charge is -2.27. The van der Waals surface area contributed by atoms with Crippen LogP contribution in [0.3, 0.4) is 0 Å². The average Bonchev–Trinajstić information content (AvgIpc) is 3.07. The quantitative estimate of drug-likeness (QED) is 0.383. The number of likely N-dealkylation sites (tertiary alicyclic amines) is 1. The third-order valence-corrected chi connectivity index (χ3v) is 5.74. The van der Waals surface area contributed by atoms with Crippen molar-refractivity contribution in [3.8, 4) is 0 Å². The van der Waals surface area contributed by atoms with Gasteiger partial charge in [0.05, 0.1) is 36.4 Å². The molecular weight excluding hydrogens is 460 g/mol. The number of hydrogen-bond acceptors (Lipinski definition) is 7. The first-order valence-electron chi connectivity index (χ1n) is 10.1. The Kier molecular flexibility index (Phi) is 6.63. The summed E-state index contributed by atoms with van der Waals surface area (Å²) >= 11 is 0. The number of alkyl halides is 3. The van der Waals surface area contributed by atoms with E-state index < -0.39 is 35.0 Å². The topological polar surface area (TPSA) is 101 Å². The summed E-state index contributed by atoms with van der Waals surface area (Å²) in [7, 11) is 2.62. The van der Waals surface area contributed by atoms with Crippen LogP contribution >= 0.6 is 0 Å². The van der Waals surface area contributed by atoms with Gasteiger partial charge in [0.15, 0.2) is 6.29 Å². The maximum absolute atomic E-state index is 14.6.